The number of nitrogens with zero attached hydrogens (tertiary/aromatic N) is 3. The smallest absolute Gasteiger partial charge is 0.256 e. The molecule has 1 aliphatic heterocycles. The maximum absolute atomic E-state index is 13.1. The van der Waals surface area contributed by atoms with Gasteiger partial charge in [-0.25, -0.2) is 4.98 Å². The fraction of sp³-hybridized carbons (Fsp3) is 0.167. The number of ether oxygens (including phenoxy) is 1. The van der Waals surface area contributed by atoms with E-state index in [4.69, 9.17) is 4.74 Å². The van der Waals surface area contributed by atoms with Gasteiger partial charge >= 0.3 is 0 Å². The number of carbonyl (C=O) groups is 2. The standard InChI is InChI=1S/C24H21N5O3/c1-32-11-10-29-14-16-4-2-6-18(21(16)24(29)31)23(30)26-17-7-8-19-20(12-17)28-22(27-19)15-5-3-9-25-13-15/h2-9,12-13H,10-11,14H2,1H3,(H,26,30)(H,27,28). The number of H-pyrrole nitrogens is 1. The predicted molar refractivity (Wildman–Crippen MR) is 120 cm³/mol. The van der Waals surface area contributed by atoms with Crippen molar-refractivity contribution in [1.29, 1.82) is 0 Å². The number of imidazole rings is 1. The Morgan fingerprint density at radius 2 is 2.12 bits per heavy atom. The Labute approximate surface area is 184 Å². The molecular weight excluding hydrogens is 406 g/mol. The van der Waals surface area contributed by atoms with Crippen LogP contribution in [0.15, 0.2) is 60.9 Å². The van der Waals surface area contributed by atoms with Crippen LogP contribution in [0.2, 0.25) is 0 Å². The quantitative estimate of drug-likeness (QED) is 0.491. The summed E-state index contributed by atoms with van der Waals surface area (Å²) < 4.78 is 5.09. The van der Waals surface area contributed by atoms with Crippen molar-refractivity contribution < 1.29 is 14.3 Å². The fourth-order valence-corrected chi connectivity index (χ4v) is 3.92. The highest BCUT2D eigenvalue weighted by molar-refractivity contribution is 6.14. The van der Waals surface area contributed by atoms with Crippen LogP contribution < -0.4 is 5.32 Å². The maximum atomic E-state index is 13.1. The van der Waals surface area contributed by atoms with Crippen LogP contribution in [0.4, 0.5) is 5.69 Å². The molecule has 8 nitrogen and oxygen atoms in total. The third kappa shape index (κ3) is 3.61. The van der Waals surface area contributed by atoms with Gasteiger partial charge in [-0.15, -0.1) is 0 Å². The van der Waals surface area contributed by atoms with E-state index in [1.165, 1.54) is 0 Å². The molecule has 0 bridgehead atoms. The zero-order valence-electron chi connectivity index (χ0n) is 17.5. The summed E-state index contributed by atoms with van der Waals surface area (Å²) in [5, 5.41) is 2.91. The molecule has 0 radical (unpaired) electrons. The van der Waals surface area contributed by atoms with E-state index in [9.17, 15) is 9.59 Å². The summed E-state index contributed by atoms with van der Waals surface area (Å²) in [7, 11) is 1.60. The molecule has 32 heavy (non-hydrogen) atoms. The first-order valence-electron chi connectivity index (χ1n) is 10.3. The third-order valence-corrected chi connectivity index (χ3v) is 5.50. The number of hydrogen-bond donors (Lipinski definition) is 2. The molecule has 3 heterocycles. The van der Waals surface area contributed by atoms with E-state index >= 15 is 0 Å². The lowest BCUT2D eigenvalue weighted by atomic mass is 10.0. The van der Waals surface area contributed by atoms with Gasteiger partial charge in [-0.2, -0.15) is 0 Å². The number of carbonyl (C=O) groups excluding carboxylic acids is 2. The minimum Gasteiger partial charge on any atom is -0.383 e. The third-order valence-electron chi connectivity index (χ3n) is 5.50. The molecule has 2 amide bonds. The molecule has 5 rings (SSSR count). The summed E-state index contributed by atoms with van der Waals surface area (Å²) >= 11 is 0. The number of anilines is 1. The molecule has 2 aromatic carbocycles. The first-order valence-corrected chi connectivity index (χ1v) is 10.3. The Hall–Kier alpha value is -4.04. The van der Waals surface area contributed by atoms with Crippen LogP contribution in [0.1, 0.15) is 26.3 Å². The van der Waals surface area contributed by atoms with E-state index in [1.54, 1.807) is 42.6 Å². The predicted octanol–water partition coefficient (Wildman–Crippen LogP) is 3.48. The Bertz CT molecular complexity index is 1320. The van der Waals surface area contributed by atoms with E-state index in [2.05, 4.69) is 20.3 Å². The number of hydrogen-bond acceptors (Lipinski definition) is 5. The van der Waals surface area contributed by atoms with Gasteiger partial charge < -0.3 is 19.9 Å². The molecule has 2 aromatic heterocycles. The number of amides is 2. The van der Waals surface area contributed by atoms with Crippen LogP contribution in [-0.4, -0.2) is 51.9 Å². The molecule has 0 atom stereocenters. The van der Waals surface area contributed by atoms with Gasteiger partial charge in [0.25, 0.3) is 11.8 Å². The summed E-state index contributed by atoms with van der Waals surface area (Å²) in [5.41, 5.74) is 4.75. The lowest BCUT2D eigenvalue weighted by Gasteiger charge is -2.14. The first kappa shape index (κ1) is 19.9. The lowest BCUT2D eigenvalue weighted by Crippen LogP contribution is -2.28. The average Bonchev–Trinajstić information content (AvgIpc) is 3.39. The average molecular weight is 427 g/mol. The van der Waals surface area contributed by atoms with Crippen LogP contribution in [0.5, 0.6) is 0 Å². The second-order valence-electron chi connectivity index (χ2n) is 7.57. The Balaban J connectivity index is 1.39. The highest BCUT2D eigenvalue weighted by Gasteiger charge is 2.31. The summed E-state index contributed by atoms with van der Waals surface area (Å²) in [4.78, 5) is 39.6. The highest BCUT2D eigenvalue weighted by atomic mass is 16.5. The van der Waals surface area contributed by atoms with Crippen molar-refractivity contribution in [3.63, 3.8) is 0 Å². The Morgan fingerprint density at radius 1 is 1.22 bits per heavy atom. The maximum Gasteiger partial charge on any atom is 0.256 e. The zero-order chi connectivity index (χ0) is 22.1. The van der Waals surface area contributed by atoms with Crippen molar-refractivity contribution >= 4 is 28.5 Å². The number of nitrogens with one attached hydrogen (secondary N) is 2. The van der Waals surface area contributed by atoms with E-state index in [0.717, 1.165) is 22.2 Å². The van der Waals surface area contributed by atoms with E-state index in [-0.39, 0.29) is 11.8 Å². The normalized spacial score (nSPS) is 12.9. The van der Waals surface area contributed by atoms with Gasteiger partial charge in [0.15, 0.2) is 0 Å². The summed E-state index contributed by atoms with van der Waals surface area (Å²) in [6, 6.07) is 14.6. The van der Waals surface area contributed by atoms with E-state index in [0.29, 0.717) is 42.3 Å². The van der Waals surface area contributed by atoms with Crippen molar-refractivity contribution in [3.8, 4) is 11.4 Å². The topological polar surface area (TPSA) is 100 Å². The molecule has 8 heteroatoms. The number of methoxy groups -OCH3 is 1. The van der Waals surface area contributed by atoms with Crippen LogP contribution in [0, 0.1) is 0 Å². The second kappa shape index (κ2) is 8.24. The van der Waals surface area contributed by atoms with Crippen LogP contribution in [-0.2, 0) is 11.3 Å². The molecule has 4 aromatic rings. The van der Waals surface area contributed by atoms with Crippen LogP contribution >= 0.6 is 0 Å². The van der Waals surface area contributed by atoms with Crippen molar-refractivity contribution in [3.05, 3.63) is 77.6 Å². The Kier molecular flexibility index (Phi) is 5.12. The molecule has 1 aliphatic rings. The van der Waals surface area contributed by atoms with Crippen molar-refractivity contribution in [2.24, 2.45) is 0 Å². The minimum absolute atomic E-state index is 0.145. The van der Waals surface area contributed by atoms with Gasteiger partial charge in [0.1, 0.15) is 5.82 Å². The number of pyridine rings is 1. The summed E-state index contributed by atoms with van der Waals surface area (Å²) in [6.07, 6.45) is 3.45. The summed E-state index contributed by atoms with van der Waals surface area (Å²) in [6.45, 7) is 1.42. The van der Waals surface area contributed by atoms with E-state index in [1.807, 2.05) is 30.3 Å². The summed E-state index contributed by atoms with van der Waals surface area (Å²) in [5.74, 6) is 0.238. The van der Waals surface area contributed by atoms with Gasteiger partial charge in [-0.3, -0.25) is 14.6 Å². The van der Waals surface area contributed by atoms with Crippen LogP contribution in [0.3, 0.4) is 0 Å². The van der Waals surface area contributed by atoms with Crippen molar-refractivity contribution in [2.45, 2.75) is 6.54 Å². The number of rotatable bonds is 6. The SMILES string of the molecule is COCCN1Cc2cccc(C(=O)Nc3ccc4nc(-c5cccnc5)[nH]c4c3)c2C1=O. The Morgan fingerprint density at radius 3 is 2.94 bits per heavy atom. The molecule has 0 unspecified atom stereocenters. The molecular formula is C24H21N5O3. The first-order chi connectivity index (χ1) is 15.6. The van der Waals surface area contributed by atoms with Gasteiger partial charge in [0.05, 0.1) is 28.8 Å². The number of benzene rings is 2. The molecule has 0 fully saturated rings. The largest absolute Gasteiger partial charge is 0.383 e. The lowest BCUT2D eigenvalue weighted by molar-refractivity contribution is 0.0716. The van der Waals surface area contributed by atoms with Crippen LogP contribution in [0.25, 0.3) is 22.4 Å². The molecule has 0 saturated heterocycles. The number of fused-ring (bicyclic) bond motifs is 2. The number of aromatic nitrogens is 3. The highest BCUT2D eigenvalue weighted by Crippen LogP contribution is 2.27. The van der Waals surface area contributed by atoms with Crippen molar-refractivity contribution in [1.82, 2.24) is 19.9 Å². The van der Waals surface area contributed by atoms with Gasteiger partial charge in [-0.1, -0.05) is 12.1 Å². The molecule has 0 spiro atoms. The van der Waals surface area contributed by atoms with Gasteiger partial charge in [0, 0.05) is 43.8 Å². The van der Waals surface area contributed by atoms with Gasteiger partial charge in [0.2, 0.25) is 0 Å². The molecule has 0 saturated carbocycles. The molecule has 160 valence electrons. The molecule has 0 aliphatic carbocycles. The van der Waals surface area contributed by atoms with Gasteiger partial charge in [-0.05, 0) is 42.0 Å². The second-order valence-corrected chi connectivity index (χ2v) is 7.57. The molecule has 2 N–H and O–H groups in total. The monoisotopic (exact) mass is 427 g/mol. The zero-order valence-corrected chi connectivity index (χ0v) is 17.5. The van der Waals surface area contributed by atoms with Crippen molar-refractivity contribution in [2.75, 3.05) is 25.6 Å². The fourth-order valence-electron chi connectivity index (χ4n) is 3.92. The minimum atomic E-state index is -0.324. The number of aromatic amines is 1. The van der Waals surface area contributed by atoms with E-state index < -0.39 is 0 Å².